The van der Waals surface area contributed by atoms with Crippen molar-refractivity contribution in [3.63, 3.8) is 0 Å². The molecule has 90 valence electrons. The molecule has 0 nitrogen and oxygen atoms in total. The van der Waals surface area contributed by atoms with Crippen molar-refractivity contribution < 1.29 is 0 Å². The average Bonchev–Trinajstić information content (AvgIpc) is 2.63. The van der Waals surface area contributed by atoms with E-state index < -0.39 is 0 Å². The second-order valence-corrected chi connectivity index (χ2v) is 7.05. The van der Waals surface area contributed by atoms with Gasteiger partial charge in [-0.05, 0) is 37.5 Å². The largest absolute Gasteiger partial charge is 0.127 e. The summed E-state index contributed by atoms with van der Waals surface area (Å²) in [5, 5.41) is 0. The maximum absolute atomic E-state index is 6.09. The van der Waals surface area contributed by atoms with Gasteiger partial charge in [0.05, 0.1) is 9.16 Å². The third kappa shape index (κ3) is 3.34. The maximum atomic E-state index is 6.09. The van der Waals surface area contributed by atoms with Crippen molar-refractivity contribution in [2.75, 3.05) is 0 Å². The van der Waals surface area contributed by atoms with Gasteiger partial charge in [-0.3, -0.25) is 0 Å². The van der Waals surface area contributed by atoms with E-state index in [4.69, 9.17) is 11.6 Å². The number of thiophene rings is 1. The van der Waals surface area contributed by atoms with E-state index in [-0.39, 0.29) is 0 Å². The zero-order valence-electron chi connectivity index (χ0n) is 9.84. The number of aryl methyl sites for hydroxylation is 2. The highest BCUT2D eigenvalue weighted by atomic mass is 79.9. The van der Waals surface area contributed by atoms with E-state index in [1.165, 1.54) is 21.6 Å². The van der Waals surface area contributed by atoms with Crippen molar-refractivity contribution >= 4 is 38.9 Å². The zero-order chi connectivity index (χ0) is 12.4. The Morgan fingerprint density at radius 2 is 1.88 bits per heavy atom. The van der Waals surface area contributed by atoms with Gasteiger partial charge in [0.2, 0.25) is 0 Å². The Hall–Kier alpha value is -0.310. The lowest BCUT2D eigenvalue weighted by molar-refractivity contribution is 0.967. The Morgan fingerprint density at radius 3 is 2.41 bits per heavy atom. The van der Waals surface area contributed by atoms with Gasteiger partial charge in [-0.2, -0.15) is 0 Å². The van der Waals surface area contributed by atoms with Gasteiger partial charge in [0.25, 0.3) is 0 Å². The van der Waals surface area contributed by atoms with E-state index in [0.717, 1.165) is 10.8 Å². The van der Waals surface area contributed by atoms with E-state index >= 15 is 0 Å². The number of alkyl halides is 1. The lowest BCUT2D eigenvalue weighted by Gasteiger charge is -2.07. The molecule has 17 heavy (non-hydrogen) atoms. The molecular formula is C14H14BrClS. The summed E-state index contributed by atoms with van der Waals surface area (Å²) in [6.07, 6.45) is 0.997. The van der Waals surface area contributed by atoms with Gasteiger partial charge >= 0.3 is 0 Å². The molecule has 0 radical (unpaired) electrons. The minimum atomic E-state index is 0.349. The standard InChI is InChI=1S/C14H14BrClS/c1-9-3-5-11(6-4-9)8-12(15)13-7-10(2)14(16)17-13/h3-7,12H,8H2,1-2H3. The summed E-state index contributed by atoms with van der Waals surface area (Å²) >= 11 is 11.5. The molecule has 0 spiro atoms. The van der Waals surface area contributed by atoms with Gasteiger partial charge in [-0.25, -0.2) is 0 Å². The first-order valence-corrected chi connectivity index (χ1v) is 7.62. The minimum Gasteiger partial charge on any atom is -0.127 e. The molecule has 3 heteroatoms. The summed E-state index contributed by atoms with van der Waals surface area (Å²) < 4.78 is 0.897. The number of hydrogen-bond donors (Lipinski definition) is 0. The number of halogens is 2. The summed E-state index contributed by atoms with van der Waals surface area (Å²) in [7, 11) is 0. The van der Waals surface area contributed by atoms with Crippen LogP contribution in [-0.2, 0) is 6.42 Å². The smallest absolute Gasteiger partial charge is 0.0960 e. The number of benzene rings is 1. The Labute approximate surface area is 120 Å². The third-order valence-electron chi connectivity index (χ3n) is 2.72. The monoisotopic (exact) mass is 328 g/mol. The molecule has 1 unspecified atom stereocenters. The van der Waals surface area contributed by atoms with Gasteiger partial charge in [0, 0.05) is 4.88 Å². The van der Waals surface area contributed by atoms with Crippen molar-refractivity contribution in [2.24, 2.45) is 0 Å². The fourth-order valence-electron chi connectivity index (χ4n) is 1.67. The normalized spacial score (nSPS) is 12.7. The molecule has 2 rings (SSSR count). The Balaban J connectivity index is 2.11. The SMILES string of the molecule is Cc1ccc(CC(Br)c2cc(C)c(Cl)s2)cc1. The van der Waals surface area contributed by atoms with E-state index in [2.05, 4.69) is 53.2 Å². The molecule has 1 atom stereocenters. The predicted molar refractivity (Wildman–Crippen MR) is 80.6 cm³/mol. The molecule has 0 aliphatic heterocycles. The molecule has 0 fully saturated rings. The van der Waals surface area contributed by atoms with Crippen LogP contribution in [0.1, 0.15) is 26.4 Å². The second-order valence-electron chi connectivity index (χ2n) is 4.26. The molecule has 2 aromatic rings. The van der Waals surface area contributed by atoms with Crippen LogP contribution in [0.25, 0.3) is 0 Å². The molecule has 0 aliphatic carbocycles. The lowest BCUT2D eigenvalue weighted by atomic mass is 10.1. The average molecular weight is 330 g/mol. The molecule has 0 saturated carbocycles. The summed E-state index contributed by atoms with van der Waals surface area (Å²) in [4.78, 5) is 1.65. The Bertz CT molecular complexity index is 482. The fraction of sp³-hybridized carbons (Fsp3) is 0.286. The van der Waals surface area contributed by atoms with Crippen LogP contribution < -0.4 is 0 Å². The van der Waals surface area contributed by atoms with Crippen LogP contribution in [0.4, 0.5) is 0 Å². The summed E-state index contributed by atoms with van der Waals surface area (Å²) in [5.74, 6) is 0. The van der Waals surface area contributed by atoms with Crippen LogP contribution in [0.3, 0.4) is 0 Å². The van der Waals surface area contributed by atoms with Gasteiger partial charge in [0.15, 0.2) is 0 Å². The quantitative estimate of drug-likeness (QED) is 0.634. The Kier molecular flexibility index (Phi) is 4.29. The molecule has 0 saturated heterocycles. The van der Waals surface area contributed by atoms with Crippen LogP contribution in [-0.4, -0.2) is 0 Å². The Morgan fingerprint density at radius 1 is 1.24 bits per heavy atom. The number of rotatable bonds is 3. The van der Waals surface area contributed by atoms with Crippen LogP contribution in [0.2, 0.25) is 4.34 Å². The first kappa shape index (κ1) is 13.1. The van der Waals surface area contributed by atoms with E-state index in [1.54, 1.807) is 11.3 Å². The van der Waals surface area contributed by atoms with Crippen molar-refractivity contribution in [3.05, 3.63) is 56.2 Å². The van der Waals surface area contributed by atoms with E-state index in [1.807, 2.05) is 6.92 Å². The highest BCUT2D eigenvalue weighted by Gasteiger charge is 2.12. The molecule has 1 aromatic carbocycles. The predicted octanol–water partition coefficient (Wildman–Crippen LogP) is 5.70. The molecule has 1 heterocycles. The van der Waals surface area contributed by atoms with Crippen LogP contribution in [0, 0.1) is 13.8 Å². The highest BCUT2D eigenvalue weighted by Crippen LogP contribution is 2.36. The van der Waals surface area contributed by atoms with Crippen LogP contribution in [0.5, 0.6) is 0 Å². The summed E-state index contributed by atoms with van der Waals surface area (Å²) in [5.41, 5.74) is 3.81. The van der Waals surface area contributed by atoms with Crippen molar-refractivity contribution in [2.45, 2.75) is 25.1 Å². The summed E-state index contributed by atoms with van der Waals surface area (Å²) in [6, 6.07) is 10.8. The third-order valence-corrected chi connectivity index (χ3v) is 5.51. The van der Waals surface area contributed by atoms with E-state index in [9.17, 15) is 0 Å². The lowest BCUT2D eigenvalue weighted by Crippen LogP contribution is -1.92. The fourth-order valence-corrected chi connectivity index (χ4v) is 3.65. The molecule has 0 bridgehead atoms. The molecule has 0 aliphatic rings. The minimum absolute atomic E-state index is 0.349. The molecular weight excluding hydrogens is 316 g/mol. The van der Waals surface area contributed by atoms with Crippen LogP contribution in [0.15, 0.2) is 30.3 Å². The van der Waals surface area contributed by atoms with Gasteiger partial charge in [-0.15, -0.1) is 11.3 Å². The van der Waals surface area contributed by atoms with Gasteiger partial charge in [-0.1, -0.05) is 57.4 Å². The molecule has 0 amide bonds. The van der Waals surface area contributed by atoms with Gasteiger partial charge in [0.1, 0.15) is 0 Å². The first-order chi connectivity index (χ1) is 8.06. The highest BCUT2D eigenvalue weighted by molar-refractivity contribution is 9.09. The van der Waals surface area contributed by atoms with E-state index in [0.29, 0.717) is 4.83 Å². The zero-order valence-corrected chi connectivity index (χ0v) is 13.0. The van der Waals surface area contributed by atoms with Crippen LogP contribution >= 0.6 is 38.9 Å². The topological polar surface area (TPSA) is 0 Å². The van der Waals surface area contributed by atoms with Gasteiger partial charge < -0.3 is 0 Å². The summed E-state index contributed by atoms with van der Waals surface area (Å²) in [6.45, 7) is 4.16. The van der Waals surface area contributed by atoms with Crippen molar-refractivity contribution in [3.8, 4) is 0 Å². The molecule has 0 N–H and O–H groups in total. The number of hydrogen-bond acceptors (Lipinski definition) is 1. The second kappa shape index (κ2) is 5.55. The van der Waals surface area contributed by atoms with Crippen molar-refractivity contribution in [1.29, 1.82) is 0 Å². The van der Waals surface area contributed by atoms with Crippen molar-refractivity contribution in [1.82, 2.24) is 0 Å². The molecule has 1 aromatic heterocycles. The first-order valence-electron chi connectivity index (χ1n) is 5.51. The maximum Gasteiger partial charge on any atom is 0.0960 e.